The Hall–Kier alpha value is -0.530. The van der Waals surface area contributed by atoms with Crippen molar-refractivity contribution in [1.82, 2.24) is 0 Å². The van der Waals surface area contributed by atoms with E-state index in [0.29, 0.717) is 13.0 Å². The average molecular weight is 200 g/mol. The summed E-state index contributed by atoms with van der Waals surface area (Å²) in [7, 11) is 0. The normalized spacial score (nSPS) is 10.1. The Labute approximate surface area is 88.0 Å². The molecule has 2 heteroatoms. The van der Waals surface area contributed by atoms with Gasteiger partial charge in [-0.15, -0.1) is 0 Å². The van der Waals surface area contributed by atoms with Gasteiger partial charge in [0.25, 0.3) is 0 Å². The number of esters is 1. The fourth-order valence-electron chi connectivity index (χ4n) is 1.31. The van der Waals surface area contributed by atoms with Gasteiger partial charge in [0.05, 0.1) is 6.61 Å². The lowest BCUT2D eigenvalue weighted by Gasteiger charge is -2.03. The van der Waals surface area contributed by atoms with Crippen LogP contribution >= 0.6 is 0 Å². The van der Waals surface area contributed by atoms with Crippen LogP contribution in [0.25, 0.3) is 0 Å². The first-order valence-corrected chi connectivity index (χ1v) is 5.96. The molecule has 0 aliphatic heterocycles. The van der Waals surface area contributed by atoms with Crippen molar-refractivity contribution in [2.75, 3.05) is 6.61 Å². The van der Waals surface area contributed by atoms with Gasteiger partial charge in [0.1, 0.15) is 0 Å². The molecule has 0 aliphatic carbocycles. The summed E-state index contributed by atoms with van der Waals surface area (Å²) in [6.45, 7) is 4.93. The highest BCUT2D eigenvalue weighted by atomic mass is 16.5. The molecule has 0 saturated heterocycles. The zero-order valence-electron chi connectivity index (χ0n) is 9.68. The van der Waals surface area contributed by atoms with Crippen molar-refractivity contribution in [3.05, 3.63) is 0 Å². The van der Waals surface area contributed by atoms with Crippen LogP contribution in [0.2, 0.25) is 0 Å². The fourth-order valence-corrected chi connectivity index (χ4v) is 1.31. The zero-order chi connectivity index (χ0) is 10.6. The Bertz CT molecular complexity index is 118. The average Bonchev–Trinajstić information content (AvgIpc) is 2.19. The number of carbonyl (C=O) groups excluding carboxylic acids is 1. The molecule has 2 nitrogen and oxygen atoms in total. The van der Waals surface area contributed by atoms with E-state index in [4.69, 9.17) is 4.74 Å². The Balaban J connectivity index is 3.11. The first-order chi connectivity index (χ1) is 6.81. The van der Waals surface area contributed by atoms with Crippen molar-refractivity contribution in [3.8, 4) is 0 Å². The van der Waals surface area contributed by atoms with Crippen LogP contribution in [-0.2, 0) is 9.53 Å². The Kier molecular flexibility index (Phi) is 10.2. The van der Waals surface area contributed by atoms with Crippen LogP contribution in [0.1, 0.15) is 65.2 Å². The molecule has 0 rings (SSSR count). The standard InChI is InChI=1S/C12H24O2/c1-3-5-7-8-10-12(13)14-11-9-6-4-2/h3-11H2,1-2H3. The number of unbranched alkanes of at least 4 members (excludes halogenated alkanes) is 5. The molecular weight excluding hydrogens is 176 g/mol. The number of ether oxygens (including phenoxy) is 1. The van der Waals surface area contributed by atoms with Gasteiger partial charge < -0.3 is 4.74 Å². The van der Waals surface area contributed by atoms with E-state index in [1.807, 2.05) is 0 Å². The molecule has 0 unspecified atom stereocenters. The Morgan fingerprint density at radius 3 is 2.21 bits per heavy atom. The zero-order valence-corrected chi connectivity index (χ0v) is 9.68. The predicted octanol–water partition coefficient (Wildman–Crippen LogP) is 3.69. The van der Waals surface area contributed by atoms with Gasteiger partial charge in [-0.3, -0.25) is 4.79 Å². The summed E-state index contributed by atoms with van der Waals surface area (Å²) < 4.78 is 5.09. The highest BCUT2D eigenvalue weighted by Gasteiger charge is 2.01. The van der Waals surface area contributed by atoms with E-state index in [0.717, 1.165) is 25.7 Å². The predicted molar refractivity (Wildman–Crippen MR) is 59.2 cm³/mol. The molecule has 0 fully saturated rings. The fraction of sp³-hybridized carbons (Fsp3) is 0.917. The second-order valence-electron chi connectivity index (χ2n) is 3.74. The van der Waals surface area contributed by atoms with Crippen molar-refractivity contribution in [3.63, 3.8) is 0 Å². The van der Waals surface area contributed by atoms with Crippen molar-refractivity contribution < 1.29 is 9.53 Å². The van der Waals surface area contributed by atoms with Crippen molar-refractivity contribution in [1.29, 1.82) is 0 Å². The molecule has 0 spiro atoms. The second kappa shape index (κ2) is 10.6. The molecule has 0 atom stereocenters. The van der Waals surface area contributed by atoms with E-state index in [1.165, 1.54) is 19.3 Å². The summed E-state index contributed by atoms with van der Waals surface area (Å²) in [5, 5.41) is 0. The Morgan fingerprint density at radius 1 is 0.929 bits per heavy atom. The minimum atomic E-state index is -0.0165. The van der Waals surface area contributed by atoms with Crippen LogP contribution in [0.3, 0.4) is 0 Å². The molecule has 0 aromatic heterocycles. The lowest BCUT2D eigenvalue weighted by Crippen LogP contribution is -2.05. The van der Waals surface area contributed by atoms with E-state index in [9.17, 15) is 4.79 Å². The molecule has 0 amide bonds. The van der Waals surface area contributed by atoms with Crippen LogP contribution in [0, 0.1) is 0 Å². The molecule has 0 N–H and O–H groups in total. The number of carbonyl (C=O) groups is 1. The maximum Gasteiger partial charge on any atom is 0.305 e. The highest BCUT2D eigenvalue weighted by molar-refractivity contribution is 5.69. The van der Waals surface area contributed by atoms with Crippen LogP contribution < -0.4 is 0 Å². The van der Waals surface area contributed by atoms with E-state index in [2.05, 4.69) is 13.8 Å². The smallest absolute Gasteiger partial charge is 0.305 e. The van der Waals surface area contributed by atoms with Gasteiger partial charge in [0.15, 0.2) is 0 Å². The van der Waals surface area contributed by atoms with Crippen LogP contribution in [0.15, 0.2) is 0 Å². The number of rotatable bonds is 9. The minimum absolute atomic E-state index is 0.0165. The van der Waals surface area contributed by atoms with Crippen LogP contribution in [0.5, 0.6) is 0 Å². The third-order valence-corrected chi connectivity index (χ3v) is 2.25. The number of hydrogen-bond acceptors (Lipinski definition) is 2. The Morgan fingerprint density at radius 2 is 1.57 bits per heavy atom. The summed E-state index contributed by atoms with van der Waals surface area (Å²) in [6, 6.07) is 0. The quantitative estimate of drug-likeness (QED) is 0.419. The summed E-state index contributed by atoms with van der Waals surface area (Å²) in [4.78, 5) is 11.1. The summed E-state index contributed by atoms with van der Waals surface area (Å²) in [5.74, 6) is -0.0165. The molecule has 0 bridgehead atoms. The molecule has 0 aromatic rings. The van der Waals surface area contributed by atoms with Crippen molar-refractivity contribution in [2.45, 2.75) is 65.2 Å². The third kappa shape index (κ3) is 9.56. The molecule has 0 heterocycles. The van der Waals surface area contributed by atoms with Crippen LogP contribution in [0.4, 0.5) is 0 Å². The second-order valence-corrected chi connectivity index (χ2v) is 3.74. The van der Waals surface area contributed by atoms with Gasteiger partial charge in [-0.2, -0.15) is 0 Å². The first-order valence-electron chi connectivity index (χ1n) is 5.96. The highest BCUT2D eigenvalue weighted by Crippen LogP contribution is 2.04. The monoisotopic (exact) mass is 200 g/mol. The van der Waals surface area contributed by atoms with Crippen molar-refractivity contribution >= 4 is 5.97 Å². The van der Waals surface area contributed by atoms with Gasteiger partial charge in [0, 0.05) is 6.42 Å². The minimum Gasteiger partial charge on any atom is -0.466 e. The van der Waals surface area contributed by atoms with Gasteiger partial charge in [0.2, 0.25) is 0 Å². The molecule has 0 aromatic carbocycles. The van der Waals surface area contributed by atoms with Crippen molar-refractivity contribution in [2.24, 2.45) is 0 Å². The van der Waals surface area contributed by atoms with E-state index < -0.39 is 0 Å². The molecular formula is C12H24O2. The largest absolute Gasteiger partial charge is 0.466 e. The lowest BCUT2D eigenvalue weighted by atomic mass is 10.1. The summed E-state index contributed by atoms with van der Waals surface area (Å²) in [6.07, 6.45) is 8.52. The number of hydrogen-bond donors (Lipinski definition) is 0. The van der Waals surface area contributed by atoms with Gasteiger partial charge >= 0.3 is 5.97 Å². The third-order valence-electron chi connectivity index (χ3n) is 2.25. The lowest BCUT2D eigenvalue weighted by molar-refractivity contribution is -0.143. The first kappa shape index (κ1) is 13.5. The molecule has 84 valence electrons. The SMILES string of the molecule is CCCCCCC(=O)OCCCCC. The van der Waals surface area contributed by atoms with E-state index >= 15 is 0 Å². The summed E-state index contributed by atoms with van der Waals surface area (Å²) >= 11 is 0. The topological polar surface area (TPSA) is 26.3 Å². The molecule has 0 saturated carbocycles. The van der Waals surface area contributed by atoms with E-state index in [1.54, 1.807) is 0 Å². The van der Waals surface area contributed by atoms with E-state index in [-0.39, 0.29) is 5.97 Å². The van der Waals surface area contributed by atoms with Crippen LogP contribution in [-0.4, -0.2) is 12.6 Å². The molecule has 14 heavy (non-hydrogen) atoms. The maximum atomic E-state index is 11.1. The van der Waals surface area contributed by atoms with Gasteiger partial charge in [-0.1, -0.05) is 46.0 Å². The molecule has 0 aliphatic rings. The molecule has 0 radical (unpaired) electrons. The van der Waals surface area contributed by atoms with Gasteiger partial charge in [-0.05, 0) is 12.8 Å². The van der Waals surface area contributed by atoms with Gasteiger partial charge in [-0.25, -0.2) is 0 Å². The summed E-state index contributed by atoms with van der Waals surface area (Å²) in [5.41, 5.74) is 0. The maximum absolute atomic E-state index is 11.1.